The van der Waals surface area contributed by atoms with Crippen LogP contribution in [0.3, 0.4) is 0 Å². The van der Waals surface area contributed by atoms with E-state index in [1.54, 1.807) is 12.1 Å². The van der Waals surface area contributed by atoms with Crippen LogP contribution in [0.2, 0.25) is 0 Å². The summed E-state index contributed by atoms with van der Waals surface area (Å²) in [6, 6.07) is 6.72. The van der Waals surface area contributed by atoms with Crippen molar-refractivity contribution in [2.75, 3.05) is 26.7 Å². The van der Waals surface area contributed by atoms with Crippen LogP contribution >= 0.6 is 0 Å². The van der Waals surface area contributed by atoms with Crippen LogP contribution in [0.1, 0.15) is 12.5 Å². The fourth-order valence-electron chi connectivity index (χ4n) is 1.74. The van der Waals surface area contributed by atoms with E-state index in [1.807, 2.05) is 13.1 Å². The van der Waals surface area contributed by atoms with Gasteiger partial charge in [-0.1, -0.05) is 25.6 Å². The minimum absolute atomic E-state index is 0.178. The molecule has 1 aromatic rings. The van der Waals surface area contributed by atoms with E-state index in [0.29, 0.717) is 0 Å². The zero-order valence-corrected chi connectivity index (χ0v) is 10.7. The molecule has 0 radical (unpaired) electrons. The minimum atomic E-state index is -0.178. The molecular formula is C14H21FN2. The SMILES string of the molecule is C=C(CNCC)CN(C)Cc1cccc(F)c1. The summed E-state index contributed by atoms with van der Waals surface area (Å²) in [5.74, 6) is -0.178. The molecule has 1 aromatic carbocycles. The molecular weight excluding hydrogens is 215 g/mol. The Morgan fingerprint density at radius 1 is 1.47 bits per heavy atom. The Balaban J connectivity index is 2.39. The van der Waals surface area contributed by atoms with Gasteiger partial charge < -0.3 is 5.32 Å². The molecule has 0 aliphatic rings. The number of rotatable bonds is 7. The van der Waals surface area contributed by atoms with Gasteiger partial charge in [0, 0.05) is 19.6 Å². The Morgan fingerprint density at radius 3 is 2.88 bits per heavy atom. The lowest BCUT2D eigenvalue weighted by Crippen LogP contribution is -2.25. The molecule has 0 spiro atoms. The van der Waals surface area contributed by atoms with Crippen LogP contribution in [0.5, 0.6) is 0 Å². The normalized spacial score (nSPS) is 10.8. The van der Waals surface area contributed by atoms with Crippen LogP contribution in [0, 0.1) is 5.82 Å². The van der Waals surface area contributed by atoms with E-state index in [0.717, 1.165) is 37.3 Å². The van der Waals surface area contributed by atoms with E-state index < -0.39 is 0 Å². The van der Waals surface area contributed by atoms with Gasteiger partial charge >= 0.3 is 0 Å². The highest BCUT2D eigenvalue weighted by molar-refractivity contribution is 5.16. The first-order chi connectivity index (χ1) is 8.11. The van der Waals surface area contributed by atoms with Gasteiger partial charge in [-0.3, -0.25) is 4.90 Å². The highest BCUT2D eigenvalue weighted by Gasteiger charge is 2.03. The van der Waals surface area contributed by atoms with Gasteiger partial charge in [-0.15, -0.1) is 0 Å². The lowest BCUT2D eigenvalue weighted by molar-refractivity contribution is 0.351. The van der Waals surface area contributed by atoms with Crippen molar-refractivity contribution in [1.29, 1.82) is 0 Å². The Bertz CT molecular complexity index is 363. The molecule has 2 nitrogen and oxygen atoms in total. The van der Waals surface area contributed by atoms with Crippen molar-refractivity contribution < 1.29 is 4.39 Å². The first-order valence-corrected chi connectivity index (χ1v) is 5.92. The van der Waals surface area contributed by atoms with Gasteiger partial charge in [0.2, 0.25) is 0 Å². The number of nitrogens with one attached hydrogen (secondary N) is 1. The molecule has 0 unspecified atom stereocenters. The number of hydrogen-bond donors (Lipinski definition) is 1. The second-order valence-electron chi connectivity index (χ2n) is 4.33. The maximum Gasteiger partial charge on any atom is 0.123 e. The van der Waals surface area contributed by atoms with Crippen molar-refractivity contribution in [3.63, 3.8) is 0 Å². The number of likely N-dealkylation sites (N-methyl/N-ethyl adjacent to an activating group) is 2. The maximum absolute atomic E-state index is 13.0. The van der Waals surface area contributed by atoms with Crippen LogP contribution in [-0.4, -0.2) is 31.6 Å². The van der Waals surface area contributed by atoms with Gasteiger partial charge in [0.1, 0.15) is 5.82 Å². The lowest BCUT2D eigenvalue weighted by atomic mass is 10.2. The second kappa shape index (κ2) is 7.20. The minimum Gasteiger partial charge on any atom is -0.313 e. The number of halogens is 1. The Labute approximate surface area is 103 Å². The summed E-state index contributed by atoms with van der Waals surface area (Å²) in [6.45, 7) is 9.44. The largest absolute Gasteiger partial charge is 0.313 e. The highest BCUT2D eigenvalue weighted by atomic mass is 19.1. The third-order valence-corrected chi connectivity index (χ3v) is 2.46. The summed E-state index contributed by atoms with van der Waals surface area (Å²) in [6.07, 6.45) is 0. The van der Waals surface area contributed by atoms with Crippen molar-refractivity contribution in [2.45, 2.75) is 13.5 Å². The standard InChI is InChI=1S/C14H21FN2/c1-4-16-9-12(2)10-17(3)11-13-6-5-7-14(15)8-13/h5-8,16H,2,4,9-11H2,1,3H3. The number of nitrogens with zero attached hydrogens (tertiary/aromatic N) is 1. The molecule has 0 aliphatic heterocycles. The van der Waals surface area contributed by atoms with Gasteiger partial charge in [-0.25, -0.2) is 4.39 Å². The quantitative estimate of drug-likeness (QED) is 0.731. The Hall–Kier alpha value is -1.19. The average molecular weight is 236 g/mol. The van der Waals surface area contributed by atoms with Crippen LogP contribution in [0.4, 0.5) is 4.39 Å². The van der Waals surface area contributed by atoms with Crippen molar-refractivity contribution in [3.05, 3.63) is 47.8 Å². The van der Waals surface area contributed by atoms with E-state index in [9.17, 15) is 4.39 Å². The van der Waals surface area contributed by atoms with Crippen molar-refractivity contribution >= 4 is 0 Å². The molecule has 94 valence electrons. The summed E-state index contributed by atoms with van der Waals surface area (Å²) >= 11 is 0. The van der Waals surface area contributed by atoms with Gasteiger partial charge in [-0.2, -0.15) is 0 Å². The summed E-state index contributed by atoms with van der Waals surface area (Å²) in [5.41, 5.74) is 2.13. The van der Waals surface area contributed by atoms with Gasteiger partial charge in [-0.05, 0) is 36.9 Å². The van der Waals surface area contributed by atoms with Crippen molar-refractivity contribution in [3.8, 4) is 0 Å². The van der Waals surface area contributed by atoms with E-state index in [2.05, 4.69) is 23.7 Å². The van der Waals surface area contributed by atoms with E-state index in [1.165, 1.54) is 6.07 Å². The highest BCUT2D eigenvalue weighted by Crippen LogP contribution is 2.07. The topological polar surface area (TPSA) is 15.3 Å². The molecule has 17 heavy (non-hydrogen) atoms. The van der Waals surface area contributed by atoms with E-state index >= 15 is 0 Å². The van der Waals surface area contributed by atoms with Crippen LogP contribution < -0.4 is 5.32 Å². The second-order valence-corrected chi connectivity index (χ2v) is 4.33. The van der Waals surface area contributed by atoms with Gasteiger partial charge in [0.15, 0.2) is 0 Å². The molecule has 1 N–H and O–H groups in total. The molecule has 0 saturated heterocycles. The summed E-state index contributed by atoms with van der Waals surface area (Å²) in [4.78, 5) is 2.13. The zero-order valence-electron chi connectivity index (χ0n) is 10.7. The molecule has 0 saturated carbocycles. The third-order valence-electron chi connectivity index (χ3n) is 2.46. The number of hydrogen-bond acceptors (Lipinski definition) is 2. The predicted octanol–water partition coefficient (Wildman–Crippen LogP) is 2.42. The summed E-state index contributed by atoms with van der Waals surface area (Å²) < 4.78 is 13.0. The van der Waals surface area contributed by atoms with Crippen LogP contribution in [-0.2, 0) is 6.54 Å². The first-order valence-electron chi connectivity index (χ1n) is 5.92. The molecule has 0 bridgehead atoms. The third kappa shape index (κ3) is 5.61. The monoisotopic (exact) mass is 236 g/mol. The fraction of sp³-hybridized carbons (Fsp3) is 0.429. The molecule has 0 fully saturated rings. The molecule has 1 rings (SSSR count). The Morgan fingerprint density at radius 2 is 2.24 bits per heavy atom. The lowest BCUT2D eigenvalue weighted by Gasteiger charge is -2.18. The predicted molar refractivity (Wildman–Crippen MR) is 70.4 cm³/mol. The zero-order chi connectivity index (χ0) is 12.7. The first kappa shape index (κ1) is 13.9. The molecule has 3 heteroatoms. The average Bonchev–Trinajstić information content (AvgIpc) is 2.26. The fourth-order valence-corrected chi connectivity index (χ4v) is 1.74. The van der Waals surface area contributed by atoms with E-state index in [4.69, 9.17) is 0 Å². The van der Waals surface area contributed by atoms with Gasteiger partial charge in [0.25, 0.3) is 0 Å². The smallest absolute Gasteiger partial charge is 0.123 e. The molecule has 0 atom stereocenters. The summed E-state index contributed by atoms with van der Waals surface area (Å²) in [5, 5.41) is 3.24. The summed E-state index contributed by atoms with van der Waals surface area (Å²) in [7, 11) is 2.02. The van der Waals surface area contributed by atoms with E-state index in [-0.39, 0.29) is 5.82 Å². The Kier molecular flexibility index (Phi) is 5.87. The van der Waals surface area contributed by atoms with Crippen molar-refractivity contribution in [2.24, 2.45) is 0 Å². The molecule has 0 heterocycles. The molecule has 0 aromatic heterocycles. The molecule has 0 aliphatic carbocycles. The maximum atomic E-state index is 13.0. The number of benzene rings is 1. The van der Waals surface area contributed by atoms with Crippen LogP contribution in [0.15, 0.2) is 36.4 Å². The van der Waals surface area contributed by atoms with Crippen molar-refractivity contribution in [1.82, 2.24) is 10.2 Å². The van der Waals surface area contributed by atoms with Gasteiger partial charge in [0.05, 0.1) is 0 Å². The van der Waals surface area contributed by atoms with Crippen LogP contribution in [0.25, 0.3) is 0 Å². The molecule has 0 amide bonds.